The standard InChI is InChI=1S/C17H17F2NS/c1-20-17-13-5-3-2-4-11(13)6-9-16(17)21-12-7-8-14(18)15(19)10-12/h2-5,7-8,10,16-17,20H,6,9H2,1H3. The maximum Gasteiger partial charge on any atom is 0.159 e. The molecule has 2 aromatic carbocycles. The Morgan fingerprint density at radius 1 is 1.10 bits per heavy atom. The summed E-state index contributed by atoms with van der Waals surface area (Å²) in [7, 11) is 1.95. The molecule has 1 aliphatic rings. The summed E-state index contributed by atoms with van der Waals surface area (Å²) in [6, 6.07) is 12.8. The molecule has 0 spiro atoms. The molecule has 4 heteroatoms. The molecule has 0 radical (unpaired) electrons. The first-order valence-corrected chi connectivity index (χ1v) is 7.94. The van der Waals surface area contributed by atoms with Crippen LogP contribution in [0.2, 0.25) is 0 Å². The van der Waals surface area contributed by atoms with E-state index in [2.05, 4.69) is 23.5 Å². The lowest BCUT2D eigenvalue weighted by atomic mass is 9.87. The van der Waals surface area contributed by atoms with Crippen LogP contribution in [0.3, 0.4) is 0 Å². The average molecular weight is 305 g/mol. The van der Waals surface area contributed by atoms with Crippen molar-refractivity contribution in [1.82, 2.24) is 5.32 Å². The molecule has 0 aromatic heterocycles. The summed E-state index contributed by atoms with van der Waals surface area (Å²) in [5.41, 5.74) is 2.69. The van der Waals surface area contributed by atoms with Gasteiger partial charge in [-0.05, 0) is 49.2 Å². The summed E-state index contributed by atoms with van der Waals surface area (Å²) < 4.78 is 26.4. The summed E-state index contributed by atoms with van der Waals surface area (Å²) in [4.78, 5) is 0.776. The van der Waals surface area contributed by atoms with E-state index in [4.69, 9.17) is 0 Å². The molecule has 1 nitrogen and oxygen atoms in total. The molecule has 0 saturated heterocycles. The first kappa shape index (κ1) is 14.5. The molecule has 2 unspecified atom stereocenters. The van der Waals surface area contributed by atoms with Crippen LogP contribution >= 0.6 is 11.8 Å². The van der Waals surface area contributed by atoms with Crippen LogP contribution in [0.15, 0.2) is 47.4 Å². The van der Waals surface area contributed by atoms with Crippen LogP contribution in [-0.4, -0.2) is 12.3 Å². The maximum absolute atomic E-state index is 13.3. The van der Waals surface area contributed by atoms with Gasteiger partial charge >= 0.3 is 0 Å². The molecule has 0 amide bonds. The van der Waals surface area contributed by atoms with E-state index in [1.54, 1.807) is 17.8 Å². The van der Waals surface area contributed by atoms with Gasteiger partial charge in [0.1, 0.15) is 0 Å². The number of aryl methyl sites for hydroxylation is 1. The van der Waals surface area contributed by atoms with Crippen LogP contribution in [0.4, 0.5) is 8.78 Å². The van der Waals surface area contributed by atoms with Gasteiger partial charge in [-0.25, -0.2) is 8.78 Å². The molecule has 0 bridgehead atoms. The highest BCUT2D eigenvalue weighted by molar-refractivity contribution is 8.00. The monoisotopic (exact) mass is 305 g/mol. The van der Waals surface area contributed by atoms with Gasteiger partial charge < -0.3 is 5.32 Å². The van der Waals surface area contributed by atoms with E-state index in [9.17, 15) is 8.78 Å². The zero-order valence-electron chi connectivity index (χ0n) is 11.8. The molecular formula is C17H17F2NS. The molecular weight excluding hydrogens is 288 g/mol. The minimum absolute atomic E-state index is 0.230. The van der Waals surface area contributed by atoms with E-state index in [1.165, 1.54) is 23.3 Å². The van der Waals surface area contributed by atoms with Crippen molar-refractivity contribution in [3.8, 4) is 0 Å². The lowest BCUT2D eigenvalue weighted by Gasteiger charge is -2.33. The molecule has 0 heterocycles. The van der Waals surface area contributed by atoms with Crippen molar-refractivity contribution in [3.05, 3.63) is 65.2 Å². The number of hydrogen-bond acceptors (Lipinski definition) is 2. The van der Waals surface area contributed by atoms with E-state index < -0.39 is 11.6 Å². The first-order chi connectivity index (χ1) is 10.2. The van der Waals surface area contributed by atoms with E-state index in [-0.39, 0.29) is 6.04 Å². The third kappa shape index (κ3) is 2.97. The SMILES string of the molecule is CNC1c2ccccc2CCC1Sc1ccc(F)c(F)c1. The van der Waals surface area contributed by atoms with Crippen molar-refractivity contribution in [2.24, 2.45) is 0 Å². The van der Waals surface area contributed by atoms with Crippen molar-refractivity contribution in [1.29, 1.82) is 0 Å². The van der Waals surface area contributed by atoms with Crippen molar-refractivity contribution in [3.63, 3.8) is 0 Å². The van der Waals surface area contributed by atoms with Crippen LogP contribution in [-0.2, 0) is 6.42 Å². The summed E-state index contributed by atoms with van der Waals surface area (Å²) in [6.07, 6.45) is 2.04. The van der Waals surface area contributed by atoms with Crippen LogP contribution < -0.4 is 5.32 Å². The number of thioether (sulfide) groups is 1. The molecule has 2 aromatic rings. The Kier molecular flexibility index (Phi) is 4.27. The molecule has 0 saturated carbocycles. The van der Waals surface area contributed by atoms with Gasteiger partial charge in [0.25, 0.3) is 0 Å². The highest BCUT2D eigenvalue weighted by atomic mass is 32.2. The van der Waals surface area contributed by atoms with Gasteiger partial charge in [-0.2, -0.15) is 0 Å². The highest BCUT2D eigenvalue weighted by Gasteiger charge is 2.29. The molecule has 1 N–H and O–H groups in total. The Hall–Kier alpha value is -1.39. The number of hydrogen-bond donors (Lipinski definition) is 1. The highest BCUT2D eigenvalue weighted by Crippen LogP contribution is 2.40. The largest absolute Gasteiger partial charge is 0.312 e. The smallest absolute Gasteiger partial charge is 0.159 e. The van der Waals surface area contributed by atoms with Crippen molar-refractivity contribution < 1.29 is 8.78 Å². The third-order valence-electron chi connectivity index (χ3n) is 3.95. The fourth-order valence-electron chi connectivity index (χ4n) is 2.92. The van der Waals surface area contributed by atoms with Gasteiger partial charge in [0.2, 0.25) is 0 Å². The maximum atomic E-state index is 13.3. The van der Waals surface area contributed by atoms with E-state index in [1.807, 2.05) is 13.1 Å². The van der Waals surface area contributed by atoms with Crippen LogP contribution in [0.1, 0.15) is 23.6 Å². The number of fused-ring (bicyclic) bond motifs is 1. The van der Waals surface area contributed by atoms with Crippen LogP contribution in [0, 0.1) is 11.6 Å². The zero-order valence-corrected chi connectivity index (χ0v) is 12.6. The second kappa shape index (κ2) is 6.16. The van der Waals surface area contributed by atoms with Gasteiger partial charge in [-0.3, -0.25) is 0 Å². The van der Waals surface area contributed by atoms with Gasteiger partial charge in [0, 0.05) is 16.2 Å². The molecule has 0 fully saturated rings. The summed E-state index contributed by atoms with van der Waals surface area (Å²) in [5, 5.41) is 3.68. The van der Waals surface area contributed by atoms with Gasteiger partial charge in [0.05, 0.1) is 0 Å². The molecule has 110 valence electrons. The Morgan fingerprint density at radius 3 is 2.67 bits per heavy atom. The Balaban J connectivity index is 1.84. The predicted molar refractivity (Wildman–Crippen MR) is 82.6 cm³/mol. The van der Waals surface area contributed by atoms with E-state index in [0.717, 1.165) is 17.7 Å². The molecule has 0 aliphatic heterocycles. The van der Waals surface area contributed by atoms with Crippen LogP contribution in [0.5, 0.6) is 0 Å². The zero-order chi connectivity index (χ0) is 14.8. The van der Waals surface area contributed by atoms with E-state index >= 15 is 0 Å². The lowest BCUT2D eigenvalue weighted by molar-refractivity contribution is 0.503. The van der Waals surface area contributed by atoms with Gasteiger partial charge in [-0.15, -0.1) is 11.8 Å². The van der Waals surface area contributed by atoms with Crippen molar-refractivity contribution in [2.45, 2.75) is 29.0 Å². The Labute approximate surface area is 127 Å². The third-order valence-corrected chi connectivity index (χ3v) is 5.29. The predicted octanol–water partition coefficient (Wildman–Crippen LogP) is 4.33. The normalized spacial score (nSPS) is 21.1. The first-order valence-electron chi connectivity index (χ1n) is 7.06. The second-order valence-electron chi connectivity index (χ2n) is 5.24. The van der Waals surface area contributed by atoms with Gasteiger partial charge in [0.15, 0.2) is 11.6 Å². The van der Waals surface area contributed by atoms with Gasteiger partial charge in [-0.1, -0.05) is 24.3 Å². The molecule has 3 rings (SSSR count). The second-order valence-corrected chi connectivity index (χ2v) is 6.55. The summed E-state index contributed by atoms with van der Waals surface area (Å²) in [6.45, 7) is 0. The number of benzene rings is 2. The van der Waals surface area contributed by atoms with Crippen molar-refractivity contribution in [2.75, 3.05) is 7.05 Å². The summed E-state index contributed by atoms with van der Waals surface area (Å²) in [5.74, 6) is -1.57. The minimum atomic E-state index is -0.793. The Bertz CT molecular complexity index is 644. The molecule has 1 aliphatic carbocycles. The number of nitrogens with one attached hydrogen (secondary N) is 1. The molecule has 2 atom stereocenters. The van der Waals surface area contributed by atoms with Crippen LogP contribution in [0.25, 0.3) is 0 Å². The fourth-order valence-corrected chi connectivity index (χ4v) is 4.25. The lowest BCUT2D eigenvalue weighted by Crippen LogP contribution is -2.32. The fraction of sp³-hybridized carbons (Fsp3) is 0.294. The number of halogens is 2. The summed E-state index contributed by atoms with van der Waals surface area (Å²) >= 11 is 1.61. The average Bonchev–Trinajstić information content (AvgIpc) is 2.51. The van der Waals surface area contributed by atoms with Crippen molar-refractivity contribution >= 4 is 11.8 Å². The van der Waals surface area contributed by atoms with E-state index in [0.29, 0.717) is 5.25 Å². The topological polar surface area (TPSA) is 12.0 Å². The quantitative estimate of drug-likeness (QED) is 0.905. The minimum Gasteiger partial charge on any atom is -0.312 e. The Morgan fingerprint density at radius 2 is 1.90 bits per heavy atom. The number of rotatable bonds is 3. The molecule has 21 heavy (non-hydrogen) atoms.